The van der Waals surface area contributed by atoms with E-state index in [0.717, 1.165) is 17.7 Å². The minimum Gasteiger partial charge on any atom is -0.325 e. The molecule has 6 heteroatoms. The second kappa shape index (κ2) is 6.76. The van der Waals surface area contributed by atoms with Gasteiger partial charge in [-0.15, -0.1) is 0 Å². The molecule has 1 aliphatic carbocycles. The first kappa shape index (κ1) is 17.3. The molecule has 0 saturated carbocycles. The molecule has 0 saturated heterocycles. The second-order valence-electron chi connectivity index (χ2n) is 6.19. The molecule has 0 aromatic heterocycles. The Kier molecular flexibility index (Phi) is 4.68. The molecule has 1 aromatic rings. The Morgan fingerprint density at radius 3 is 2.76 bits per heavy atom. The summed E-state index contributed by atoms with van der Waals surface area (Å²) in [5.41, 5.74) is 2.23. The van der Waals surface area contributed by atoms with Crippen molar-refractivity contribution in [1.82, 2.24) is 5.32 Å². The number of amides is 2. The fourth-order valence-electron chi connectivity index (χ4n) is 2.86. The fourth-order valence-corrected chi connectivity index (χ4v) is 3.10. The number of nitrogens with one attached hydrogen (secondary N) is 1. The zero-order chi connectivity index (χ0) is 18.1. The Bertz CT molecular complexity index is 881. The van der Waals surface area contributed by atoms with E-state index in [4.69, 9.17) is 11.6 Å². The topological polar surface area (TPSA) is 58.5 Å². The number of carbonyl (C=O) groups is 2. The van der Waals surface area contributed by atoms with E-state index in [-0.39, 0.29) is 28.3 Å². The molecule has 1 N–H and O–H groups in total. The average Bonchev–Trinajstić information content (AvgIpc) is 2.53. The van der Waals surface area contributed by atoms with Gasteiger partial charge < -0.3 is 5.32 Å². The van der Waals surface area contributed by atoms with E-state index in [1.54, 1.807) is 18.2 Å². The summed E-state index contributed by atoms with van der Waals surface area (Å²) in [5, 5.41) is 2.80. The number of benzene rings is 1. The molecule has 3 rings (SSSR count). The molecule has 4 nitrogen and oxygen atoms in total. The van der Waals surface area contributed by atoms with Crippen molar-refractivity contribution >= 4 is 29.1 Å². The Balaban J connectivity index is 1.90. The van der Waals surface area contributed by atoms with E-state index in [2.05, 4.69) is 10.3 Å². The maximum atomic E-state index is 13.1. The van der Waals surface area contributed by atoms with Gasteiger partial charge in [0.25, 0.3) is 5.91 Å². The van der Waals surface area contributed by atoms with Gasteiger partial charge in [-0.25, -0.2) is 9.38 Å². The Hall–Kier alpha value is -2.53. The third-order valence-corrected chi connectivity index (χ3v) is 4.39. The highest BCUT2D eigenvalue weighted by molar-refractivity contribution is 6.34. The number of fused-ring (bicyclic) bond motifs is 1. The van der Waals surface area contributed by atoms with Crippen molar-refractivity contribution in [2.75, 3.05) is 0 Å². The molecule has 1 unspecified atom stereocenters. The maximum Gasteiger partial charge on any atom is 0.279 e. The van der Waals surface area contributed by atoms with Gasteiger partial charge in [0.1, 0.15) is 5.82 Å². The summed E-state index contributed by atoms with van der Waals surface area (Å²) in [7, 11) is 0. The number of aliphatic imine (C=N–C) groups is 1. The van der Waals surface area contributed by atoms with Crippen molar-refractivity contribution in [2.45, 2.75) is 13.8 Å². The van der Waals surface area contributed by atoms with E-state index < -0.39 is 11.7 Å². The van der Waals surface area contributed by atoms with Crippen LogP contribution in [0, 0.1) is 17.7 Å². The smallest absolute Gasteiger partial charge is 0.279 e. The molecule has 0 spiro atoms. The molecule has 0 bridgehead atoms. The normalized spacial score (nSPS) is 20.9. The summed E-state index contributed by atoms with van der Waals surface area (Å²) in [4.78, 5) is 28.2. The Labute approximate surface area is 149 Å². The molecular weight excluding hydrogens is 343 g/mol. The van der Waals surface area contributed by atoms with Crippen LogP contribution in [0.25, 0.3) is 0 Å². The lowest BCUT2D eigenvalue weighted by atomic mass is 9.82. The van der Waals surface area contributed by atoms with Crippen LogP contribution in [0.2, 0.25) is 5.02 Å². The van der Waals surface area contributed by atoms with Gasteiger partial charge in [-0.2, -0.15) is 0 Å². The Morgan fingerprint density at radius 1 is 1.32 bits per heavy atom. The van der Waals surface area contributed by atoms with Crippen molar-refractivity contribution in [3.8, 4) is 0 Å². The summed E-state index contributed by atoms with van der Waals surface area (Å²) in [5.74, 6) is -1.08. The van der Waals surface area contributed by atoms with Crippen molar-refractivity contribution in [1.29, 1.82) is 0 Å². The Morgan fingerprint density at radius 2 is 2.08 bits per heavy atom. The highest BCUT2D eigenvalue weighted by Crippen LogP contribution is 2.31. The van der Waals surface area contributed by atoms with Crippen molar-refractivity contribution < 1.29 is 14.0 Å². The fraction of sp³-hybridized carbons (Fsp3) is 0.211. The summed E-state index contributed by atoms with van der Waals surface area (Å²) in [6, 6.07) is 3.53. The number of rotatable bonds is 2. The quantitative estimate of drug-likeness (QED) is 0.873. The van der Waals surface area contributed by atoms with Gasteiger partial charge in [0, 0.05) is 17.7 Å². The lowest BCUT2D eigenvalue weighted by Crippen LogP contribution is -2.34. The minimum absolute atomic E-state index is 0.00988. The van der Waals surface area contributed by atoms with Crippen LogP contribution in [0.3, 0.4) is 0 Å². The first-order valence-corrected chi connectivity index (χ1v) is 8.23. The highest BCUT2D eigenvalue weighted by Gasteiger charge is 2.28. The maximum absolute atomic E-state index is 13.1. The largest absolute Gasteiger partial charge is 0.325 e. The van der Waals surface area contributed by atoms with Crippen molar-refractivity contribution in [3.63, 3.8) is 0 Å². The van der Waals surface area contributed by atoms with Crippen LogP contribution >= 0.6 is 11.6 Å². The van der Waals surface area contributed by atoms with E-state index in [0.29, 0.717) is 11.4 Å². The van der Waals surface area contributed by atoms with Gasteiger partial charge in [-0.05, 0) is 41.8 Å². The molecule has 1 aromatic carbocycles. The molecule has 2 aliphatic rings. The zero-order valence-corrected chi connectivity index (χ0v) is 14.5. The summed E-state index contributed by atoms with van der Waals surface area (Å²) in [6.45, 7) is 4.05. The summed E-state index contributed by atoms with van der Waals surface area (Å²) >= 11 is 5.90. The number of carbonyl (C=O) groups excluding carboxylic acids is 2. The number of allylic oxidation sites excluding steroid dienone is 3. The third kappa shape index (κ3) is 3.61. The van der Waals surface area contributed by atoms with Crippen LogP contribution in [0.4, 0.5) is 4.39 Å². The predicted octanol–water partition coefficient (Wildman–Crippen LogP) is 3.84. The SMILES string of the molecule is CC(C)C1=CC(=O)NC2=CC(=NC(=O)c3ccc(F)cc3Cl)C=CC21. The molecule has 1 heterocycles. The van der Waals surface area contributed by atoms with Crippen LogP contribution in [0.5, 0.6) is 0 Å². The number of halogens is 2. The zero-order valence-electron chi connectivity index (χ0n) is 13.7. The van der Waals surface area contributed by atoms with Gasteiger partial charge in [0.15, 0.2) is 0 Å². The van der Waals surface area contributed by atoms with Crippen molar-refractivity contribution in [2.24, 2.45) is 16.8 Å². The van der Waals surface area contributed by atoms with Crippen LogP contribution in [-0.4, -0.2) is 17.5 Å². The van der Waals surface area contributed by atoms with Gasteiger partial charge in [-0.1, -0.05) is 31.5 Å². The number of nitrogens with zero attached hydrogens (tertiary/aromatic N) is 1. The van der Waals surface area contributed by atoms with Crippen LogP contribution in [0.1, 0.15) is 24.2 Å². The molecule has 25 heavy (non-hydrogen) atoms. The highest BCUT2D eigenvalue weighted by atomic mass is 35.5. The standard InChI is InChI=1S/C19H16ClFN2O2/c1-10(2)15-9-18(24)23-17-8-12(4-6-13(15)17)22-19(25)14-5-3-11(21)7-16(14)20/h3-10,13H,1-2H3,(H,23,24). The van der Waals surface area contributed by atoms with Gasteiger partial charge in [0.2, 0.25) is 5.91 Å². The van der Waals surface area contributed by atoms with Crippen molar-refractivity contribution in [3.05, 3.63) is 70.2 Å². The summed E-state index contributed by atoms with van der Waals surface area (Å²) < 4.78 is 13.1. The van der Waals surface area contributed by atoms with Gasteiger partial charge in [0.05, 0.1) is 16.3 Å². The lowest BCUT2D eigenvalue weighted by Gasteiger charge is -2.29. The number of hydrogen-bond donors (Lipinski definition) is 1. The van der Waals surface area contributed by atoms with E-state index in [9.17, 15) is 14.0 Å². The first-order chi connectivity index (χ1) is 11.8. The molecule has 0 radical (unpaired) electrons. The lowest BCUT2D eigenvalue weighted by molar-refractivity contribution is -0.116. The van der Waals surface area contributed by atoms with E-state index >= 15 is 0 Å². The molecule has 0 fully saturated rings. The predicted molar refractivity (Wildman–Crippen MR) is 95.0 cm³/mol. The monoisotopic (exact) mass is 358 g/mol. The van der Waals surface area contributed by atoms with Crippen LogP contribution < -0.4 is 5.32 Å². The first-order valence-electron chi connectivity index (χ1n) is 7.85. The molecule has 1 aliphatic heterocycles. The van der Waals surface area contributed by atoms with Crippen LogP contribution in [-0.2, 0) is 4.79 Å². The van der Waals surface area contributed by atoms with E-state index in [1.165, 1.54) is 6.07 Å². The van der Waals surface area contributed by atoms with Gasteiger partial charge >= 0.3 is 0 Å². The molecule has 128 valence electrons. The minimum atomic E-state index is -0.568. The molecule has 1 atom stereocenters. The number of hydrogen-bond acceptors (Lipinski definition) is 2. The van der Waals surface area contributed by atoms with E-state index in [1.807, 2.05) is 19.9 Å². The average molecular weight is 359 g/mol. The van der Waals surface area contributed by atoms with Gasteiger partial charge in [-0.3, -0.25) is 9.59 Å². The second-order valence-corrected chi connectivity index (χ2v) is 6.60. The summed E-state index contributed by atoms with van der Waals surface area (Å²) in [6.07, 6.45) is 6.92. The third-order valence-electron chi connectivity index (χ3n) is 4.08. The molecular formula is C19H16ClFN2O2. The van der Waals surface area contributed by atoms with Crippen LogP contribution in [0.15, 0.2) is 58.8 Å². The molecule has 2 amide bonds.